The number of carbonyl (C=O) groups is 2. The fourth-order valence-electron chi connectivity index (χ4n) is 2.81. The van der Waals surface area contributed by atoms with Crippen molar-refractivity contribution in [3.8, 4) is 5.75 Å². The molecule has 5 nitrogen and oxygen atoms in total. The van der Waals surface area contributed by atoms with Gasteiger partial charge in [0.25, 0.3) is 0 Å². The van der Waals surface area contributed by atoms with E-state index in [1.165, 1.54) is 12.1 Å². The van der Waals surface area contributed by atoms with Gasteiger partial charge in [0.2, 0.25) is 11.8 Å². The van der Waals surface area contributed by atoms with Gasteiger partial charge in [0.1, 0.15) is 11.0 Å². The van der Waals surface area contributed by atoms with Gasteiger partial charge >= 0.3 is 0 Å². The molecule has 1 aliphatic carbocycles. The van der Waals surface area contributed by atoms with Crippen molar-refractivity contribution in [3.63, 3.8) is 0 Å². The predicted octanol–water partition coefficient (Wildman–Crippen LogP) is 4.67. The molecule has 2 aromatic carbocycles. The molecule has 3 rings (SSSR count). The van der Waals surface area contributed by atoms with Crippen LogP contribution in [0.1, 0.15) is 39.2 Å². The second-order valence-corrected chi connectivity index (χ2v) is 8.22. The van der Waals surface area contributed by atoms with Crippen LogP contribution in [0.3, 0.4) is 0 Å². The summed E-state index contributed by atoms with van der Waals surface area (Å²) in [6, 6.07) is 11.6. The van der Waals surface area contributed by atoms with Crippen LogP contribution in [0.4, 0.5) is 15.8 Å². The molecule has 2 N–H and O–H groups in total. The van der Waals surface area contributed by atoms with Gasteiger partial charge in [-0.25, -0.2) is 4.39 Å². The van der Waals surface area contributed by atoms with Gasteiger partial charge in [-0.05, 0) is 64.8 Å². The molecule has 0 heterocycles. The van der Waals surface area contributed by atoms with Crippen LogP contribution in [0.5, 0.6) is 5.75 Å². The van der Waals surface area contributed by atoms with Gasteiger partial charge in [0.05, 0.1) is 0 Å². The van der Waals surface area contributed by atoms with Gasteiger partial charge < -0.3 is 15.4 Å². The molecule has 0 aliphatic heterocycles. The molecule has 1 aliphatic rings. The van der Waals surface area contributed by atoms with Gasteiger partial charge in [0, 0.05) is 17.4 Å². The maximum Gasteiger partial charge on any atom is 0.240 e. The van der Waals surface area contributed by atoms with Crippen molar-refractivity contribution in [3.05, 3.63) is 53.8 Å². The molecule has 0 bridgehead atoms. The normalized spacial score (nSPS) is 14.9. The van der Waals surface area contributed by atoms with Crippen molar-refractivity contribution < 1.29 is 18.7 Å². The quantitative estimate of drug-likeness (QED) is 0.736. The lowest BCUT2D eigenvalue weighted by atomic mass is 10.0. The fraction of sp³-hybridized carbons (Fsp3) is 0.364. The minimum Gasteiger partial charge on any atom is -0.485 e. The van der Waals surface area contributed by atoms with E-state index < -0.39 is 22.7 Å². The van der Waals surface area contributed by atoms with Gasteiger partial charge in [-0.2, -0.15) is 0 Å². The lowest BCUT2D eigenvalue weighted by Gasteiger charge is -2.22. The number of amides is 2. The van der Waals surface area contributed by atoms with Crippen molar-refractivity contribution in [2.45, 2.75) is 46.1 Å². The number of ether oxygens (including phenoxy) is 1. The highest BCUT2D eigenvalue weighted by Gasteiger charge is 2.56. The Morgan fingerprint density at radius 2 is 1.50 bits per heavy atom. The average molecular weight is 384 g/mol. The second-order valence-electron chi connectivity index (χ2n) is 8.22. The molecule has 0 aromatic heterocycles. The van der Waals surface area contributed by atoms with Crippen molar-refractivity contribution in [2.75, 3.05) is 10.6 Å². The van der Waals surface area contributed by atoms with E-state index in [0.29, 0.717) is 18.5 Å². The third-order valence-electron chi connectivity index (χ3n) is 4.53. The van der Waals surface area contributed by atoms with Crippen LogP contribution in [-0.2, 0) is 9.59 Å². The van der Waals surface area contributed by atoms with E-state index in [0.717, 1.165) is 5.56 Å². The zero-order valence-electron chi connectivity index (χ0n) is 16.6. The fourth-order valence-corrected chi connectivity index (χ4v) is 2.81. The van der Waals surface area contributed by atoms with Crippen LogP contribution < -0.4 is 15.4 Å². The topological polar surface area (TPSA) is 67.4 Å². The van der Waals surface area contributed by atoms with Crippen molar-refractivity contribution in [2.24, 2.45) is 5.41 Å². The molecule has 1 fully saturated rings. The molecule has 0 saturated heterocycles. The Labute approximate surface area is 164 Å². The van der Waals surface area contributed by atoms with Crippen molar-refractivity contribution >= 4 is 23.2 Å². The summed E-state index contributed by atoms with van der Waals surface area (Å²) in [5.74, 6) is -1.23. The molecular weight excluding hydrogens is 359 g/mol. The maximum absolute atomic E-state index is 14.3. The van der Waals surface area contributed by atoms with E-state index in [1.807, 2.05) is 39.8 Å². The number of nitrogens with one attached hydrogen (secondary N) is 2. The van der Waals surface area contributed by atoms with E-state index in [-0.39, 0.29) is 17.3 Å². The molecule has 148 valence electrons. The molecule has 2 amide bonds. The number of hydrogen-bond donors (Lipinski definition) is 2. The Morgan fingerprint density at radius 3 is 2.00 bits per heavy atom. The van der Waals surface area contributed by atoms with Gasteiger partial charge in [-0.1, -0.05) is 17.7 Å². The molecule has 6 heteroatoms. The third-order valence-corrected chi connectivity index (χ3v) is 4.53. The van der Waals surface area contributed by atoms with Crippen molar-refractivity contribution in [1.82, 2.24) is 0 Å². The Bertz CT molecular complexity index is 897. The number of hydrogen-bond acceptors (Lipinski definition) is 3. The molecule has 0 spiro atoms. The van der Waals surface area contributed by atoms with Crippen LogP contribution in [0, 0.1) is 18.2 Å². The molecule has 2 aromatic rings. The Morgan fingerprint density at radius 1 is 0.964 bits per heavy atom. The molecule has 28 heavy (non-hydrogen) atoms. The van der Waals surface area contributed by atoms with Crippen LogP contribution >= 0.6 is 0 Å². The third kappa shape index (κ3) is 4.50. The number of halogens is 1. The summed E-state index contributed by atoms with van der Waals surface area (Å²) in [5, 5.41) is 5.45. The summed E-state index contributed by atoms with van der Waals surface area (Å²) in [7, 11) is 0. The average Bonchev–Trinajstić information content (AvgIpc) is 3.40. The van der Waals surface area contributed by atoms with Gasteiger partial charge in [-0.15, -0.1) is 0 Å². The minimum absolute atomic E-state index is 0.115. The summed E-state index contributed by atoms with van der Waals surface area (Å²) in [4.78, 5) is 25.3. The zero-order valence-corrected chi connectivity index (χ0v) is 16.6. The SMILES string of the molecule is Cc1ccc(NC(=O)C2(C(=O)Nc3ccc(OC(C)(C)C)c(F)c3)CC2)cc1. The highest BCUT2D eigenvalue weighted by molar-refractivity contribution is 6.16. The first kappa shape index (κ1) is 19.9. The number of carbonyl (C=O) groups excluding carboxylic acids is 2. The minimum atomic E-state index is -1.11. The van der Waals surface area contributed by atoms with Crippen LogP contribution in [0.2, 0.25) is 0 Å². The number of anilines is 2. The monoisotopic (exact) mass is 384 g/mol. The summed E-state index contributed by atoms with van der Waals surface area (Å²) in [6.45, 7) is 7.43. The smallest absolute Gasteiger partial charge is 0.240 e. The second kappa shape index (κ2) is 7.26. The molecular formula is C22H25FN2O3. The molecule has 0 atom stereocenters. The van der Waals surface area contributed by atoms with E-state index in [2.05, 4.69) is 10.6 Å². The van der Waals surface area contributed by atoms with Gasteiger partial charge in [0.15, 0.2) is 11.6 Å². The maximum atomic E-state index is 14.3. The van der Waals surface area contributed by atoms with E-state index >= 15 is 0 Å². The lowest BCUT2D eigenvalue weighted by molar-refractivity contribution is -0.131. The summed E-state index contributed by atoms with van der Waals surface area (Å²) in [5.41, 5.74) is 0.375. The molecule has 0 unspecified atom stereocenters. The molecule has 0 radical (unpaired) electrons. The first-order valence-electron chi connectivity index (χ1n) is 9.27. The predicted molar refractivity (Wildman–Crippen MR) is 107 cm³/mol. The van der Waals surface area contributed by atoms with Gasteiger partial charge in [-0.3, -0.25) is 9.59 Å². The van der Waals surface area contributed by atoms with E-state index in [9.17, 15) is 14.0 Å². The highest BCUT2D eigenvalue weighted by atomic mass is 19.1. The Kier molecular flexibility index (Phi) is 5.15. The zero-order chi connectivity index (χ0) is 20.5. The Hall–Kier alpha value is -2.89. The first-order chi connectivity index (χ1) is 13.1. The van der Waals surface area contributed by atoms with E-state index in [1.54, 1.807) is 18.2 Å². The van der Waals surface area contributed by atoms with Crippen LogP contribution in [-0.4, -0.2) is 17.4 Å². The number of aryl methyl sites for hydroxylation is 1. The number of rotatable bonds is 5. The summed E-state index contributed by atoms with van der Waals surface area (Å²) < 4.78 is 19.8. The van der Waals surface area contributed by atoms with E-state index in [4.69, 9.17) is 4.74 Å². The standard InChI is InChI=1S/C22H25FN2O3/c1-14-5-7-15(8-6-14)24-19(26)22(11-12-22)20(27)25-16-9-10-18(17(23)13-16)28-21(2,3)4/h5-10,13H,11-12H2,1-4H3,(H,24,26)(H,25,27). The van der Waals surface area contributed by atoms with Crippen LogP contribution in [0.15, 0.2) is 42.5 Å². The van der Waals surface area contributed by atoms with Crippen molar-refractivity contribution in [1.29, 1.82) is 0 Å². The molecule has 1 saturated carbocycles. The largest absolute Gasteiger partial charge is 0.485 e. The summed E-state index contributed by atoms with van der Waals surface area (Å²) in [6.07, 6.45) is 0.925. The highest BCUT2D eigenvalue weighted by Crippen LogP contribution is 2.47. The number of benzene rings is 2. The van der Waals surface area contributed by atoms with Crippen LogP contribution in [0.25, 0.3) is 0 Å². The summed E-state index contributed by atoms with van der Waals surface area (Å²) >= 11 is 0. The lowest BCUT2D eigenvalue weighted by Crippen LogP contribution is -2.35. The first-order valence-corrected chi connectivity index (χ1v) is 9.27. The Balaban J connectivity index is 1.67.